The summed E-state index contributed by atoms with van der Waals surface area (Å²) >= 11 is 0. The van der Waals surface area contributed by atoms with Crippen LogP contribution in [0, 0.1) is 13.8 Å². The van der Waals surface area contributed by atoms with Crippen LogP contribution in [0.4, 0.5) is 5.69 Å². The molecule has 0 atom stereocenters. The Morgan fingerprint density at radius 1 is 0.889 bits per heavy atom. The van der Waals surface area contributed by atoms with E-state index in [0.29, 0.717) is 0 Å². The lowest BCUT2D eigenvalue weighted by molar-refractivity contribution is 0.263. The van der Waals surface area contributed by atoms with Gasteiger partial charge in [0.05, 0.1) is 0 Å². The van der Waals surface area contributed by atoms with Crippen molar-refractivity contribution >= 4 is 5.69 Å². The van der Waals surface area contributed by atoms with Crippen LogP contribution in [-0.2, 0) is 0 Å². The van der Waals surface area contributed by atoms with Crippen molar-refractivity contribution in [1.82, 2.24) is 5.32 Å². The molecule has 100 valence electrons. The van der Waals surface area contributed by atoms with Gasteiger partial charge in [-0.25, -0.2) is 0 Å². The maximum absolute atomic E-state index is 3.55. The van der Waals surface area contributed by atoms with E-state index in [0.717, 1.165) is 13.1 Å². The zero-order valence-electron chi connectivity index (χ0n) is 12.6. The molecule has 1 saturated heterocycles. The highest BCUT2D eigenvalue weighted by atomic mass is 15.3. The van der Waals surface area contributed by atoms with Crippen molar-refractivity contribution in [2.45, 2.75) is 52.6 Å². The molecule has 2 rings (SSSR count). The first kappa shape index (κ1) is 13.4. The molecule has 1 aromatic rings. The van der Waals surface area contributed by atoms with Gasteiger partial charge in [-0.2, -0.15) is 0 Å². The SMILES string of the molecule is Cc1cc(C)cc(N2C(C)(C)CNCC2(C)C)c1. The molecule has 0 amide bonds. The minimum absolute atomic E-state index is 0.141. The van der Waals surface area contributed by atoms with Gasteiger partial charge >= 0.3 is 0 Å². The summed E-state index contributed by atoms with van der Waals surface area (Å²) < 4.78 is 0. The Morgan fingerprint density at radius 3 is 1.78 bits per heavy atom. The van der Waals surface area contributed by atoms with Crippen LogP contribution in [0.15, 0.2) is 18.2 Å². The minimum Gasteiger partial charge on any atom is -0.359 e. The number of nitrogens with zero attached hydrogens (tertiary/aromatic N) is 1. The van der Waals surface area contributed by atoms with Crippen molar-refractivity contribution in [3.8, 4) is 0 Å². The van der Waals surface area contributed by atoms with Crippen molar-refractivity contribution in [1.29, 1.82) is 0 Å². The van der Waals surface area contributed by atoms with E-state index in [9.17, 15) is 0 Å². The maximum Gasteiger partial charge on any atom is 0.0476 e. The average Bonchev–Trinajstić information content (AvgIpc) is 2.11. The highest BCUT2D eigenvalue weighted by Gasteiger charge is 2.41. The van der Waals surface area contributed by atoms with Gasteiger partial charge in [-0.3, -0.25) is 0 Å². The molecule has 1 aliphatic heterocycles. The molecule has 1 heterocycles. The molecule has 1 aliphatic rings. The van der Waals surface area contributed by atoms with Crippen LogP contribution < -0.4 is 10.2 Å². The summed E-state index contributed by atoms with van der Waals surface area (Å²) in [5, 5.41) is 3.55. The maximum atomic E-state index is 3.55. The predicted molar refractivity (Wildman–Crippen MR) is 79.4 cm³/mol. The van der Waals surface area contributed by atoms with Gasteiger partial charge in [0.1, 0.15) is 0 Å². The Bertz CT molecular complexity index is 410. The van der Waals surface area contributed by atoms with E-state index in [2.05, 4.69) is 70.0 Å². The Hall–Kier alpha value is -1.02. The second kappa shape index (κ2) is 4.27. The minimum atomic E-state index is 0.141. The second-order valence-electron chi connectivity index (χ2n) is 6.91. The van der Waals surface area contributed by atoms with Gasteiger partial charge in [0, 0.05) is 29.9 Å². The second-order valence-corrected chi connectivity index (χ2v) is 6.91. The smallest absolute Gasteiger partial charge is 0.0476 e. The van der Waals surface area contributed by atoms with Crippen LogP contribution in [0.25, 0.3) is 0 Å². The summed E-state index contributed by atoms with van der Waals surface area (Å²) in [5.74, 6) is 0. The highest BCUT2D eigenvalue weighted by molar-refractivity contribution is 5.56. The fraction of sp³-hybridized carbons (Fsp3) is 0.625. The number of aryl methyl sites for hydroxylation is 2. The van der Waals surface area contributed by atoms with Crippen molar-refractivity contribution in [2.75, 3.05) is 18.0 Å². The van der Waals surface area contributed by atoms with Crippen LogP contribution in [0.3, 0.4) is 0 Å². The van der Waals surface area contributed by atoms with E-state index in [1.165, 1.54) is 16.8 Å². The summed E-state index contributed by atoms with van der Waals surface area (Å²) in [7, 11) is 0. The fourth-order valence-corrected chi connectivity index (χ4v) is 3.43. The van der Waals surface area contributed by atoms with Gasteiger partial charge in [-0.1, -0.05) is 6.07 Å². The Labute approximate surface area is 111 Å². The first-order valence-corrected chi connectivity index (χ1v) is 6.82. The first-order valence-electron chi connectivity index (χ1n) is 6.82. The number of piperazine rings is 1. The fourth-order valence-electron chi connectivity index (χ4n) is 3.43. The number of nitrogens with one attached hydrogen (secondary N) is 1. The molecule has 18 heavy (non-hydrogen) atoms. The lowest BCUT2D eigenvalue weighted by Crippen LogP contribution is -2.68. The molecule has 2 nitrogen and oxygen atoms in total. The Morgan fingerprint density at radius 2 is 1.33 bits per heavy atom. The lowest BCUT2D eigenvalue weighted by Gasteiger charge is -2.54. The molecule has 1 fully saturated rings. The van der Waals surface area contributed by atoms with Gasteiger partial charge < -0.3 is 10.2 Å². The Balaban J connectivity index is 2.50. The van der Waals surface area contributed by atoms with Crippen LogP contribution in [0.1, 0.15) is 38.8 Å². The highest BCUT2D eigenvalue weighted by Crippen LogP contribution is 2.35. The van der Waals surface area contributed by atoms with Crippen molar-refractivity contribution in [3.05, 3.63) is 29.3 Å². The third-order valence-corrected chi connectivity index (χ3v) is 3.79. The lowest BCUT2D eigenvalue weighted by atomic mass is 9.87. The van der Waals surface area contributed by atoms with Crippen molar-refractivity contribution < 1.29 is 0 Å². The molecule has 2 heteroatoms. The van der Waals surface area contributed by atoms with Crippen LogP contribution in [-0.4, -0.2) is 24.2 Å². The van der Waals surface area contributed by atoms with Gasteiger partial charge in [0.2, 0.25) is 0 Å². The van der Waals surface area contributed by atoms with Gasteiger partial charge in [-0.15, -0.1) is 0 Å². The third-order valence-electron chi connectivity index (χ3n) is 3.79. The molecule has 0 radical (unpaired) electrons. The average molecular weight is 246 g/mol. The predicted octanol–water partition coefficient (Wildman–Crippen LogP) is 3.27. The quantitative estimate of drug-likeness (QED) is 0.818. The summed E-state index contributed by atoms with van der Waals surface area (Å²) in [5.41, 5.74) is 4.32. The van der Waals surface area contributed by atoms with Crippen molar-refractivity contribution in [3.63, 3.8) is 0 Å². The monoisotopic (exact) mass is 246 g/mol. The number of hydrogen-bond acceptors (Lipinski definition) is 2. The van der Waals surface area contributed by atoms with Gasteiger partial charge in [0.25, 0.3) is 0 Å². The molecule has 0 aromatic heterocycles. The van der Waals surface area contributed by atoms with Crippen LogP contribution in [0.2, 0.25) is 0 Å². The normalized spacial score (nSPS) is 22.0. The van der Waals surface area contributed by atoms with Crippen LogP contribution >= 0.6 is 0 Å². The van der Waals surface area contributed by atoms with Crippen molar-refractivity contribution in [2.24, 2.45) is 0 Å². The summed E-state index contributed by atoms with van der Waals surface area (Å²) in [6, 6.07) is 6.86. The van der Waals surface area contributed by atoms with E-state index < -0.39 is 0 Å². The van der Waals surface area contributed by atoms with Crippen LogP contribution in [0.5, 0.6) is 0 Å². The number of benzene rings is 1. The molecule has 1 aromatic carbocycles. The standard InChI is InChI=1S/C16H26N2/c1-12-7-13(2)9-14(8-12)18-15(3,4)10-17-11-16(18,5)6/h7-9,17H,10-11H2,1-6H3. The topological polar surface area (TPSA) is 15.3 Å². The largest absolute Gasteiger partial charge is 0.359 e. The molecular weight excluding hydrogens is 220 g/mol. The summed E-state index contributed by atoms with van der Waals surface area (Å²) in [6.45, 7) is 15.7. The molecule has 0 unspecified atom stereocenters. The molecule has 0 aliphatic carbocycles. The zero-order chi connectivity index (χ0) is 13.6. The van der Waals surface area contributed by atoms with E-state index in [4.69, 9.17) is 0 Å². The molecular formula is C16H26N2. The van der Waals surface area contributed by atoms with Gasteiger partial charge in [-0.05, 0) is 64.8 Å². The van der Waals surface area contributed by atoms with E-state index in [1.54, 1.807) is 0 Å². The van der Waals surface area contributed by atoms with E-state index in [-0.39, 0.29) is 11.1 Å². The molecule has 0 saturated carbocycles. The zero-order valence-corrected chi connectivity index (χ0v) is 12.6. The third kappa shape index (κ3) is 2.39. The molecule has 0 spiro atoms. The number of rotatable bonds is 1. The number of anilines is 1. The number of hydrogen-bond donors (Lipinski definition) is 1. The van der Waals surface area contributed by atoms with E-state index >= 15 is 0 Å². The molecule has 1 N–H and O–H groups in total. The van der Waals surface area contributed by atoms with E-state index in [1.807, 2.05) is 0 Å². The summed E-state index contributed by atoms with van der Waals surface area (Å²) in [4.78, 5) is 2.58. The first-order chi connectivity index (χ1) is 8.22. The molecule has 0 bridgehead atoms. The summed E-state index contributed by atoms with van der Waals surface area (Å²) in [6.07, 6.45) is 0. The van der Waals surface area contributed by atoms with Gasteiger partial charge in [0.15, 0.2) is 0 Å². The Kier molecular flexibility index (Phi) is 3.18.